The lowest BCUT2D eigenvalue weighted by molar-refractivity contribution is 0.124. The second-order valence-corrected chi connectivity index (χ2v) is 1.95. The van der Waals surface area contributed by atoms with Gasteiger partial charge in [0.1, 0.15) is 0 Å². The van der Waals surface area contributed by atoms with Gasteiger partial charge in [-0.2, -0.15) is 0 Å². The monoisotopic (exact) mass is 154 g/mol. The van der Waals surface area contributed by atoms with E-state index in [0.29, 0.717) is 6.42 Å². The summed E-state index contributed by atoms with van der Waals surface area (Å²) < 4.78 is 0. The molecule has 0 aliphatic rings. The Bertz CT molecular complexity index is 44.3. The van der Waals surface area contributed by atoms with Crippen LogP contribution in [0.1, 0.15) is 26.2 Å². The van der Waals surface area contributed by atoms with E-state index >= 15 is 0 Å². The Balaban J connectivity index is 0. The van der Waals surface area contributed by atoms with Gasteiger partial charge in [0.15, 0.2) is 0 Å². The molecule has 2 nitrogen and oxygen atoms in total. The summed E-state index contributed by atoms with van der Waals surface area (Å²) in [6.45, 7) is 2.11. The number of aliphatic hydroxyl groups excluding tert-OH is 2. The molecule has 0 aliphatic carbocycles. The van der Waals surface area contributed by atoms with Crippen LogP contribution in [0.3, 0.4) is 0 Å². The van der Waals surface area contributed by atoms with Crippen LogP contribution in [-0.4, -0.2) is 22.9 Å². The molecule has 0 bridgehead atoms. The lowest BCUT2D eigenvalue weighted by Crippen LogP contribution is -2.07. The van der Waals surface area contributed by atoms with Crippen LogP contribution in [-0.2, 0) is 0 Å². The zero-order valence-corrected chi connectivity index (χ0v) is 6.52. The maximum absolute atomic E-state index is 8.89. The molecule has 0 saturated carbocycles. The van der Waals surface area contributed by atoms with E-state index < -0.39 is 0 Å². The third kappa shape index (κ3) is 8.21. The lowest BCUT2D eigenvalue weighted by Gasteiger charge is -2.04. The maximum Gasteiger partial charge on any atom is 0.0562 e. The SMILES string of the molecule is CCCC(O)CCO.Cl. The van der Waals surface area contributed by atoms with Crippen LogP contribution in [0.5, 0.6) is 0 Å². The van der Waals surface area contributed by atoms with Gasteiger partial charge >= 0.3 is 0 Å². The van der Waals surface area contributed by atoms with Crippen molar-refractivity contribution in [3.8, 4) is 0 Å². The minimum absolute atomic E-state index is 0. The van der Waals surface area contributed by atoms with Crippen molar-refractivity contribution in [2.45, 2.75) is 32.3 Å². The predicted octanol–water partition coefficient (Wildman–Crippen LogP) is 0.952. The first-order valence-corrected chi connectivity index (χ1v) is 3.10. The van der Waals surface area contributed by atoms with Gasteiger partial charge in [-0.15, -0.1) is 12.4 Å². The van der Waals surface area contributed by atoms with Gasteiger partial charge in [0, 0.05) is 6.61 Å². The number of hydrogen-bond acceptors (Lipinski definition) is 2. The highest BCUT2D eigenvalue weighted by atomic mass is 35.5. The molecular weight excluding hydrogens is 140 g/mol. The summed E-state index contributed by atoms with van der Waals surface area (Å²) in [7, 11) is 0. The van der Waals surface area contributed by atoms with Crippen LogP contribution in [0, 0.1) is 0 Å². The molecule has 0 aromatic rings. The van der Waals surface area contributed by atoms with Crippen LogP contribution in [0.15, 0.2) is 0 Å². The molecule has 1 atom stereocenters. The molecule has 0 amide bonds. The van der Waals surface area contributed by atoms with E-state index in [1.54, 1.807) is 0 Å². The Kier molecular flexibility index (Phi) is 10.9. The fourth-order valence-electron chi connectivity index (χ4n) is 0.627. The van der Waals surface area contributed by atoms with Gasteiger partial charge in [-0.1, -0.05) is 13.3 Å². The molecule has 0 radical (unpaired) electrons. The first-order chi connectivity index (χ1) is 3.81. The first-order valence-electron chi connectivity index (χ1n) is 3.10. The van der Waals surface area contributed by atoms with Crippen LogP contribution in [0.4, 0.5) is 0 Å². The Morgan fingerprint density at radius 3 is 2.22 bits per heavy atom. The van der Waals surface area contributed by atoms with Crippen molar-refractivity contribution in [2.75, 3.05) is 6.61 Å². The Morgan fingerprint density at radius 2 is 1.89 bits per heavy atom. The second-order valence-electron chi connectivity index (χ2n) is 1.95. The van der Waals surface area contributed by atoms with Gasteiger partial charge < -0.3 is 10.2 Å². The van der Waals surface area contributed by atoms with E-state index in [4.69, 9.17) is 10.2 Å². The minimum atomic E-state index is -0.287. The van der Waals surface area contributed by atoms with Gasteiger partial charge in [-0.25, -0.2) is 0 Å². The quantitative estimate of drug-likeness (QED) is 0.633. The van der Waals surface area contributed by atoms with Crippen molar-refractivity contribution in [2.24, 2.45) is 0 Å². The topological polar surface area (TPSA) is 40.5 Å². The Labute approximate surface area is 62.3 Å². The van der Waals surface area contributed by atoms with Crippen LogP contribution in [0.2, 0.25) is 0 Å². The van der Waals surface area contributed by atoms with Gasteiger partial charge in [0.2, 0.25) is 0 Å². The minimum Gasteiger partial charge on any atom is -0.396 e. The first kappa shape index (κ1) is 11.9. The van der Waals surface area contributed by atoms with Gasteiger partial charge in [-0.3, -0.25) is 0 Å². The Hall–Kier alpha value is 0.210. The fourth-order valence-corrected chi connectivity index (χ4v) is 0.627. The summed E-state index contributed by atoms with van der Waals surface area (Å²) in [6, 6.07) is 0. The molecule has 0 aromatic heterocycles. The van der Waals surface area contributed by atoms with E-state index in [9.17, 15) is 0 Å². The lowest BCUT2D eigenvalue weighted by atomic mass is 10.2. The number of aliphatic hydroxyl groups is 2. The molecule has 0 rings (SSSR count). The van der Waals surface area contributed by atoms with Crippen LogP contribution in [0.25, 0.3) is 0 Å². The van der Waals surface area contributed by atoms with Gasteiger partial charge in [-0.05, 0) is 12.8 Å². The third-order valence-corrected chi connectivity index (χ3v) is 1.08. The van der Waals surface area contributed by atoms with E-state index in [1.807, 2.05) is 6.92 Å². The van der Waals surface area contributed by atoms with Crippen molar-refractivity contribution in [3.05, 3.63) is 0 Å². The summed E-state index contributed by atoms with van der Waals surface area (Å²) in [5, 5.41) is 17.2. The van der Waals surface area contributed by atoms with E-state index in [2.05, 4.69) is 0 Å². The summed E-state index contributed by atoms with van der Waals surface area (Å²) in [4.78, 5) is 0. The third-order valence-electron chi connectivity index (χ3n) is 1.08. The molecule has 2 N–H and O–H groups in total. The van der Waals surface area contributed by atoms with Crippen molar-refractivity contribution in [3.63, 3.8) is 0 Å². The molecule has 0 aromatic carbocycles. The van der Waals surface area contributed by atoms with Crippen molar-refractivity contribution in [1.29, 1.82) is 0 Å². The second kappa shape index (κ2) is 8.21. The van der Waals surface area contributed by atoms with Gasteiger partial charge in [0.25, 0.3) is 0 Å². The maximum atomic E-state index is 8.89. The Morgan fingerprint density at radius 1 is 1.33 bits per heavy atom. The summed E-state index contributed by atoms with van der Waals surface area (Å²) >= 11 is 0. The van der Waals surface area contributed by atoms with Crippen molar-refractivity contribution >= 4 is 12.4 Å². The molecule has 9 heavy (non-hydrogen) atoms. The van der Waals surface area contributed by atoms with Gasteiger partial charge in [0.05, 0.1) is 6.10 Å². The molecule has 1 unspecified atom stereocenters. The number of hydrogen-bond donors (Lipinski definition) is 2. The highest BCUT2D eigenvalue weighted by molar-refractivity contribution is 5.85. The molecule has 3 heteroatoms. The average Bonchev–Trinajstić information content (AvgIpc) is 1.68. The van der Waals surface area contributed by atoms with E-state index in [0.717, 1.165) is 12.8 Å². The van der Waals surface area contributed by atoms with E-state index in [-0.39, 0.29) is 25.1 Å². The smallest absolute Gasteiger partial charge is 0.0562 e. The summed E-state index contributed by atoms with van der Waals surface area (Å²) in [5.41, 5.74) is 0. The van der Waals surface area contributed by atoms with Crippen LogP contribution >= 0.6 is 12.4 Å². The molecule has 0 spiro atoms. The normalized spacial score (nSPS) is 12.3. The molecule has 0 saturated heterocycles. The zero-order chi connectivity index (χ0) is 6.41. The summed E-state index contributed by atoms with van der Waals surface area (Å²) in [5.74, 6) is 0. The standard InChI is InChI=1S/C6H14O2.ClH/c1-2-3-6(8)4-5-7;/h6-8H,2-5H2,1H3;1H. The fraction of sp³-hybridized carbons (Fsp3) is 1.00. The zero-order valence-electron chi connectivity index (χ0n) is 5.71. The summed E-state index contributed by atoms with van der Waals surface area (Å²) in [6.07, 6.45) is 2.03. The predicted molar refractivity (Wildman–Crippen MR) is 39.9 cm³/mol. The average molecular weight is 155 g/mol. The molecular formula is C6H15ClO2. The molecule has 0 fully saturated rings. The van der Waals surface area contributed by atoms with Crippen molar-refractivity contribution in [1.82, 2.24) is 0 Å². The molecule has 0 heterocycles. The number of rotatable bonds is 4. The van der Waals surface area contributed by atoms with E-state index in [1.165, 1.54) is 0 Å². The molecule has 0 aliphatic heterocycles. The van der Waals surface area contributed by atoms with Crippen molar-refractivity contribution < 1.29 is 10.2 Å². The largest absolute Gasteiger partial charge is 0.396 e. The van der Waals surface area contributed by atoms with Crippen LogP contribution < -0.4 is 0 Å². The number of halogens is 1. The highest BCUT2D eigenvalue weighted by Gasteiger charge is 1.98. The highest BCUT2D eigenvalue weighted by Crippen LogP contribution is 1.98. The molecule has 58 valence electrons.